The minimum atomic E-state index is -0.270. The lowest BCUT2D eigenvalue weighted by atomic mass is 10.0. The van der Waals surface area contributed by atoms with Crippen molar-refractivity contribution in [2.75, 3.05) is 25.5 Å². The van der Waals surface area contributed by atoms with Crippen molar-refractivity contribution in [2.45, 2.75) is 38.6 Å². The Hall–Kier alpha value is -2.44. The van der Waals surface area contributed by atoms with Crippen molar-refractivity contribution < 1.29 is 4.79 Å². The number of pyridine rings is 1. The molecule has 0 unspecified atom stereocenters. The molecule has 3 heterocycles. The summed E-state index contributed by atoms with van der Waals surface area (Å²) in [5, 5.41) is 8.55. The second-order valence-electron chi connectivity index (χ2n) is 8.08. The predicted molar refractivity (Wildman–Crippen MR) is 117 cm³/mol. The summed E-state index contributed by atoms with van der Waals surface area (Å²) in [5.41, 5.74) is 3.06. The number of hydrogen-bond donors (Lipinski definition) is 1. The van der Waals surface area contributed by atoms with Gasteiger partial charge in [0.25, 0.3) is 5.91 Å². The Bertz CT molecular complexity index is 1020. The predicted octanol–water partition coefficient (Wildman–Crippen LogP) is 4.73. The van der Waals surface area contributed by atoms with Crippen molar-refractivity contribution in [2.24, 2.45) is 0 Å². The summed E-state index contributed by atoms with van der Waals surface area (Å²) in [7, 11) is 2.13. The summed E-state index contributed by atoms with van der Waals surface area (Å²) in [5.74, 6) is 0.177. The highest BCUT2D eigenvalue weighted by molar-refractivity contribution is 6.38. The molecule has 0 radical (unpaired) electrons. The highest BCUT2D eigenvalue weighted by Crippen LogP contribution is 2.30. The largest absolute Gasteiger partial charge is 0.322 e. The third kappa shape index (κ3) is 4.00. The quantitative estimate of drug-likeness (QED) is 0.674. The number of aromatic nitrogens is 3. The molecule has 1 fully saturated rings. The molecule has 1 aromatic carbocycles. The first-order chi connectivity index (χ1) is 13.9. The first kappa shape index (κ1) is 19.9. The standard InChI is InChI=1S/C22H26ClN5O/c1-14(2)15-4-6-16(7-5-15)26-22(29)19-12-24-21-18(20(19)23)13-25-28(21)17-8-10-27(3)11-9-17/h4-7,12-14,17H,8-11H2,1-3H3,(H,26,29). The average Bonchev–Trinajstić information content (AvgIpc) is 3.14. The van der Waals surface area contributed by atoms with Gasteiger partial charge in [-0.25, -0.2) is 9.67 Å². The van der Waals surface area contributed by atoms with Crippen LogP contribution in [0.4, 0.5) is 5.69 Å². The van der Waals surface area contributed by atoms with Gasteiger partial charge >= 0.3 is 0 Å². The van der Waals surface area contributed by atoms with Gasteiger partial charge in [0.15, 0.2) is 5.65 Å². The van der Waals surface area contributed by atoms with Crippen molar-refractivity contribution in [3.05, 3.63) is 52.8 Å². The van der Waals surface area contributed by atoms with Gasteiger partial charge in [0.05, 0.1) is 28.2 Å². The molecular weight excluding hydrogens is 386 g/mol. The second kappa shape index (κ2) is 8.13. The summed E-state index contributed by atoms with van der Waals surface area (Å²) in [4.78, 5) is 19.6. The highest BCUT2D eigenvalue weighted by Gasteiger charge is 2.23. The van der Waals surface area contributed by atoms with Crippen LogP contribution < -0.4 is 5.32 Å². The van der Waals surface area contributed by atoms with Crippen LogP contribution in [0.2, 0.25) is 5.02 Å². The maximum Gasteiger partial charge on any atom is 0.258 e. The lowest BCUT2D eigenvalue weighted by molar-refractivity contribution is 0.102. The number of piperidine rings is 1. The van der Waals surface area contributed by atoms with Crippen molar-refractivity contribution in [1.82, 2.24) is 19.7 Å². The van der Waals surface area contributed by atoms with Crippen LogP contribution in [0.25, 0.3) is 11.0 Å². The van der Waals surface area contributed by atoms with Gasteiger partial charge < -0.3 is 10.2 Å². The van der Waals surface area contributed by atoms with E-state index in [-0.39, 0.29) is 5.91 Å². The molecule has 0 aliphatic carbocycles. The zero-order chi connectivity index (χ0) is 20.5. The number of halogens is 1. The summed E-state index contributed by atoms with van der Waals surface area (Å²) in [6, 6.07) is 8.17. The van der Waals surface area contributed by atoms with E-state index in [1.54, 1.807) is 12.4 Å². The van der Waals surface area contributed by atoms with E-state index in [1.165, 1.54) is 5.56 Å². The molecule has 1 aliphatic heterocycles. The van der Waals surface area contributed by atoms with Crippen LogP contribution in [-0.2, 0) is 0 Å². The normalized spacial score (nSPS) is 15.9. The van der Waals surface area contributed by atoms with Gasteiger partial charge in [-0.15, -0.1) is 0 Å². The maximum atomic E-state index is 12.8. The molecule has 6 nitrogen and oxygen atoms in total. The number of rotatable bonds is 4. The van der Waals surface area contributed by atoms with E-state index in [2.05, 4.69) is 41.2 Å². The average molecular weight is 412 g/mol. The van der Waals surface area contributed by atoms with Gasteiger partial charge in [-0.1, -0.05) is 37.6 Å². The van der Waals surface area contributed by atoms with Crippen LogP contribution in [0.5, 0.6) is 0 Å². The molecule has 29 heavy (non-hydrogen) atoms. The molecule has 0 spiro atoms. The molecule has 4 rings (SSSR count). The van der Waals surface area contributed by atoms with E-state index in [1.807, 2.05) is 28.9 Å². The minimum Gasteiger partial charge on any atom is -0.322 e. The van der Waals surface area contributed by atoms with E-state index in [0.717, 1.165) is 37.3 Å². The van der Waals surface area contributed by atoms with Crippen LogP contribution in [0, 0.1) is 0 Å². The highest BCUT2D eigenvalue weighted by atomic mass is 35.5. The SMILES string of the molecule is CC(C)c1ccc(NC(=O)c2cnc3c(cnn3C3CCN(C)CC3)c2Cl)cc1. The third-order valence-electron chi connectivity index (χ3n) is 5.67. The van der Waals surface area contributed by atoms with Crippen molar-refractivity contribution in [3.63, 3.8) is 0 Å². The van der Waals surface area contributed by atoms with Gasteiger partial charge in [-0.3, -0.25) is 4.79 Å². The van der Waals surface area contributed by atoms with Crippen LogP contribution >= 0.6 is 11.6 Å². The summed E-state index contributed by atoms with van der Waals surface area (Å²) in [6.07, 6.45) is 5.33. The molecule has 152 valence electrons. The number of nitrogens with zero attached hydrogens (tertiary/aromatic N) is 4. The number of fused-ring (bicyclic) bond motifs is 1. The van der Waals surface area contributed by atoms with Crippen LogP contribution in [-0.4, -0.2) is 45.7 Å². The zero-order valence-electron chi connectivity index (χ0n) is 17.0. The molecule has 1 amide bonds. The molecular formula is C22H26ClN5O. The number of nitrogens with one attached hydrogen (secondary N) is 1. The molecule has 1 saturated heterocycles. The summed E-state index contributed by atoms with van der Waals surface area (Å²) >= 11 is 6.58. The molecule has 2 aromatic heterocycles. The van der Waals surface area contributed by atoms with Crippen molar-refractivity contribution in [1.29, 1.82) is 0 Å². The van der Waals surface area contributed by atoms with E-state index in [4.69, 9.17) is 11.6 Å². The number of likely N-dealkylation sites (tertiary alicyclic amines) is 1. The number of amides is 1. The third-order valence-corrected chi connectivity index (χ3v) is 6.08. The van der Waals surface area contributed by atoms with E-state index in [9.17, 15) is 4.79 Å². The monoisotopic (exact) mass is 411 g/mol. The number of carbonyl (C=O) groups is 1. The fourth-order valence-corrected chi connectivity index (χ4v) is 4.05. The Balaban J connectivity index is 1.56. The molecule has 0 atom stereocenters. The van der Waals surface area contributed by atoms with Gasteiger partial charge in [0.1, 0.15) is 0 Å². The Kier molecular flexibility index (Phi) is 5.56. The topological polar surface area (TPSA) is 63.1 Å². The first-order valence-electron chi connectivity index (χ1n) is 10.1. The van der Waals surface area contributed by atoms with E-state index in [0.29, 0.717) is 27.9 Å². The Morgan fingerprint density at radius 3 is 2.52 bits per heavy atom. The van der Waals surface area contributed by atoms with Crippen LogP contribution in [0.1, 0.15) is 54.6 Å². The number of anilines is 1. The van der Waals surface area contributed by atoms with Gasteiger partial charge in [0, 0.05) is 11.9 Å². The Morgan fingerprint density at radius 2 is 1.86 bits per heavy atom. The second-order valence-corrected chi connectivity index (χ2v) is 8.46. The van der Waals surface area contributed by atoms with Gasteiger partial charge in [-0.2, -0.15) is 5.10 Å². The van der Waals surface area contributed by atoms with Gasteiger partial charge in [0.2, 0.25) is 0 Å². The molecule has 0 saturated carbocycles. The molecule has 1 N–H and O–H groups in total. The van der Waals surface area contributed by atoms with Crippen molar-refractivity contribution >= 4 is 34.2 Å². The molecule has 3 aromatic rings. The molecule has 1 aliphatic rings. The molecule has 0 bridgehead atoms. The van der Waals surface area contributed by atoms with Crippen molar-refractivity contribution in [3.8, 4) is 0 Å². The van der Waals surface area contributed by atoms with Crippen LogP contribution in [0.15, 0.2) is 36.7 Å². The smallest absolute Gasteiger partial charge is 0.258 e. The Morgan fingerprint density at radius 1 is 1.17 bits per heavy atom. The number of hydrogen-bond acceptors (Lipinski definition) is 4. The number of benzene rings is 1. The minimum absolute atomic E-state index is 0.270. The zero-order valence-corrected chi connectivity index (χ0v) is 17.8. The fourth-order valence-electron chi connectivity index (χ4n) is 3.78. The first-order valence-corrected chi connectivity index (χ1v) is 10.4. The van der Waals surface area contributed by atoms with E-state index >= 15 is 0 Å². The van der Waals surface area contributed by atoms with E-state index < -0.39 is 0 Å². The molecule has 7 heteroatoms. The number of carbonyl (C=O) groups excluding carboxylic acids is 1. The summed E-state index contributed by atoms with van der Waals surface area (Å²) < 4.78 is 1.96. The lowest BCUT2D eigenvalue weighted by Crippen LogP contribution is -2.31. The maximum absolute atomic E-state index is 12.8. The lowest BCUT2D eigenvalue weighted by Gasteiger charge is -2.29. The van der Waals surface area contributed by atoms with Gasteiger partial charge in [-0.05, 0) is 56.6 Å². The van der Waals surface area contributed by atoms with Crippen LogP contribution in [0.3, 0.4) is 0 Å². The Labute approximate surface area is 175 Å². The summed E-state index contributed by atoms with van der Waals surface area (Å²) in [6.45, 7) is 6.35. The fraction of sp³-hybridized carbons (Fsp3) is 0.409.